The third kappa shape index (κ3) is 5.59. The minimum absolute atomic E-state index is 0. The molecule has 0 aromatic carbocycles. The van der Waals surface area contributed by atoms with Crippen molar-refractivity contribution in [2.45, 2.75) is 45.1 Å². The number of carbonyl (C=O) groups is 1. The first-order valence-corrected chi connectivity index (χ1v) is 10.7. The minimum atomic E-state index is -0.150. The number of halogens is 2. The summed E-state index contributed by atoms with van der Waals surface area (Å²) in [5, 5.41) is 17.9. The lowest BCUT2D eigenvalue weighted by atomic mass is 10.1. The number of piperidine rings is 1. The van der Waals surface area contributed by atoms with E-state index in [-0.39, 0.29) is 30.7 Å². The highest BCUT2D eigenvalue weighted by molar-refractivity contribution is 7.13. The largest absolute Gasteiger partial charge is 0.350 e. The quantitative estimate of drug-likeness (QED) is 0.686. The number of aromatic nitrogens is 4. The van der Waals surface area contributed by atoms with E-state index in [1.165, 1.54) is 12.8 Å². The predicted molar refractivity (Wildman–Crippen MR) is 120 cm³/mol. The average Bonchev–Trinajstić information content (AvgIpc) is 3.43. The standard InChI is InChI=1S/C18H27N7OS.2ClH/c1-13-16(22-23-25(13)15-5-7-19-8-6-15)17(26)20-9-4-14-12-27-18(21-14)24-10-2-3-11-24;;/h12,15,19H,2-11H2,1H3,(H,20,26);2*1H. The molecule has 4 rings (SSSR count). The predicted octanol–water partition coefficient (Wildman–Crippen LogP) is 2.38. The Hall–Kier alpha value is -1.42. The van der Waals surface area contributed by atoms with Crippen molar-refractivity contribution in [1.29, 1.82) is 0 Å². The summed E-state index contributed by atoms with van der Waals surface area (Å²) < 4.78 is 1.92. The zero-order chi connectivity index (χ0) is 18.6. The van der Waals surface area contributed by atoms with Gasteiger partial charge in [0.05, 0.1) is 17.4 Å². The molecule has 162 valence electrons. The molecule has 1 amide bonds. The third-order valence-electron chi connectivity index (χ3n) is 5.38. The molecule has 0 radical (unpaired) electrons. The van der Waals surface area contributed by atoms with E-state index in [1.807, 2.05) is 11.6 Å². The van der Waals surface area contributed by atoms with Crippen molar-refractivity contribution in [3.63, 3.8) is 0 Å². The smallest absolute Gasteiger partial charge is 0.273 e. The Bertz CT molecular complexity index is 785. The molecule has 0 aliphatic carbocycles. The van der Waals surface area contributed by atoms with Gasteiger partial charge in [0.25, 0.3) is 5.91 Å². The topological polar surface area (TPSA) is 88.0 Å². The van der Waals surface area contributed by atoms with E-state index in [9.17, 15) is 4.79 Å². The van der Waals surface area contributed by atoms with Crippen LogP contribution in [0.1, 0.15) is 53.6 Å². The fourth-order valence-electron chi connectivity index (χ4n) is 3.80. The first kappa shape index (κ1) is 23.9. The van der Waals surface area contributed by atoms with Crippen LogP contribution in [-0.2, 0) is 6.42 Å². The van der Waals surface area contributed by atoms with E-state index in [4.69, 9.17) is 4.98 Å². The van der Waals surface area contributed by atoms with Gasteiger partial charge < -0.3 is 15.5 Å². The van der Waals surface area contributed by atoms with E-state index in [0.29, 0.717) is 18.3 Å². The van der Waals surface area contributed by atoms with Crippen molar-refractivity contribution in [3.8, 4) is 0 Å². The molecule has 2 fully saturated rings. The number of nitrogens with zero attached hydrogens (tertiary/aromatic N) is 5. The van der Waals surface area contributed by atoms with Crippen LogP contribution in [0, 0.1) is 6.92 Å². The van der Waals surface area contributed by atoms with Crippen LogP contribution in [0.3, 0.4) is 0 Å². The van der Waals surface area contributed by atoms with Crippen molar-refractivity contribution in [1.82, 2.24) is 30.6 Å². The Balaban J connectivity index is 0.00000150. The maximum Gasteiger partial charge on any atom is 0.273 e. The molecule has 2 N–H and O–H groups in total. The van der Waals surface area contributed by atoms with Crippen LogP contribution in [0.15, 0.2) is 5.38 Å². The summed E-state index contributed by atoms with van der Waals surface area (Å²) in [6.07, 6.45) is 5.28. The molecule has 4 heterocycles. The summed E-state index contributed by atoms with van der Waals surface area (Å²) in [5.41, 5.74) is 2.33. The molecule has 2 saturated heterocycles. The molecule has 0 bridgehead atoms. The van der Waals surface area contributed by atoms with Gasteiger partial charge in [0.15, 0.2) is 10.8 Å². The van der Waals surface area contributed by atoms with Crippen molar-refractivity contribution in [3.05, 3.63) is 22.5 Å². The molecular formula is C18H29Cl2N7OS. The number of thiazole rings is 1. The van der Waals surface area contributed by atoms with E-state index in [1.54, 1.807) is 11.3 Å². The van der Waals surface area contributed by atoms with Crippen molar-refractivity contribution < 1.29 is 4.79 Å². The SMILES string of the molecule is Cc1c(C(=O)NCCc2csc(N3CCCC3)n2)nnn1C1CCNCC1.Cl.Cl. The van der Waals surface area contributed by atoms with Crippen molar-refractivity contribution in [2.75, 3.05) is 37.6 Å². The number of hydrogen-bond acceptors (Lipinski definition) is 7. The van der Waals surface area contributed by atoms with Gasteiger partial charge in [0.1, 0.15) is 0 Å². The fraction of sp³-hybridized carbons (Fsp3) is 0.667. The Morgan fingerprint density at radius 3 is 2.72 bits per heavy atom. The Kier molecular flexibility index (Phi) is 9.13. The number of carbonyl (C=O) groups excluding carboxylic acids is 1. The first-order chi connectivity index (χ1) is 13.2. The summed E-state index contributed by atoms with van der Waals surface area (Å²) >= 11 is 1.69. The molecule has 2 aromatic rings. The van der Waals surface area contributed by atoms with Crippen LogP contribution in [0.25, 0.3) is 0 Å². The van der Waals surface area contributed by atoms with E-state index in [0.717, 1.165) is 62.0 Å². The monoisotopic (exact) mass is 461 g/mol. The lowest BCUT2D eigenvalue weighted by molar-refractivity contribution is 0.0948. The second-order valence-electron chi connectivity index (χ2n) is 7.27. The highest BCUT2D eigenvalue weighted by Crippen LogP contribution is 2.24. The van der Waals surface area contributed by atoms with Crippen LogP contribution in [-0.4, -0.2) is 58.6 Å². The molecule has 29 heavy (non-hydrogen) atoms. The molecule has 8 nitrogen and oxygen atoms in total. The molecular weight excluding hydrogens is 433 g/mol. The molecule has 0 spiro atoms. The zero-order valence-electron chi connectivity index (χ0n) is 16.6. The third-order valence-corrected chi connectivity index (χ3v) is 6.33. The van der Waals surface area contributed by atoms with Gasteiger partial charge in [-0.05, 0) is 45.7 Å². The number of amides is 1. The summed E-state index contributed by atoms with van der Waals surface area (Å²) in [6, 6.07) is 0.333. The van der Waals surface area contributed by atoms with Crippen LogP contribution < -0.4 is 15.5 Å². The molecule has 11 heteroatoms. The summed E-state index contributed by atoms with van der Waals surface area (Å²) in [7, 11) is 0. The van der Waals surface area contributed by atoms with Gasteiger partial charge in [-0.15, -0.1) is 41.2 Å². The molecule has 0 unspecified atom stereocenters. The Morgan fingerprint density at radius 2 is 2.00 bits per heavy atom. The minimum Gasteiger partial charge on any atom is -0.350 e. The lowest BCUT2D eigenvalue weighted by Crippen LogP contribution is -2.30. The van der Waals surface area contributed by atoms with Crippen LogP contribution in [0.5, 0.6) is 0 Å². The summed E-state index contributed by atoms with van der Waals surface area (Å²) in [4.78, 5) is 19.5. The molecule has 2 aromatic heterocycles. The van der Waals surface area contributed by atoms with E-state index >= 15 is 0 Å². The summed E-state index contributed by atoms with van der Waals surface area (Å²) in [5.74, 6) is -0.150. The van der Waals surface area contributed by atoms with Crippen LogP contribution in [0.2, 0.25) is 0 Å². The highest BCUT2D eigenvalue weighted by Gasteiger charge is 2.23. The maximum absolute atomic E-state index is 12.5. The number of rotatable bonds is 6. The zero-order valence-corrected chi connectivity index (χ0v) is 19.0. The molecule has 0 saturated carbocycles. The molecule has 2 aliphatic heterocycles. The van der Waals surface area contributed by atoms with Crippen LogP contribution in [0.4, 0.5) is 5.13 Å². The normalized spacial score (nSPS) is 16.9. The molecule has 0 atom stereocenters. The van der Waals surface area contributed by atoms with Gasteiger partial charge in [-0.3, -0.25) is 4.79 Å². The highest BCUT2D eigenvalue weighted by atomic mass is 35.5. The second-order valence-corrected chi connectivity index (χ2v) is 8.11. The number of nitrogens with one attached hydrogen (secondary N) is 2. The Labute approximate surface area is 187 Å². The van der Waals surface area contributed by atoms with Crippen molar-refractivity contribution >= 4 is 47.2 Å². The number of anilines is 1. The first-order valence-electron chi connectivity index (χ1n) is 9.82. The number of hydrogen-bond donors (Lipinski definition) is 2. The molecule has 2 aliphatic rings. The van der Waals surface area contributed by atoms with Gasteiger partial charge >= 0.3 is 0 Å². The average molecular weight is 462 g/mol. The van der Waals surface area contributed by atoms with Gasteiger partial charge in [-0.2, -0.15) is 0 Å². The van der Waals surface area contributed by atoms with Crippen LogP contribution >= 0.6 is 36.2 Å². The van der Waals surface area contributed by atoms with Crippen molar-refractivity contribution in [2.24, 2.45) is 0 Å². The van der Waals surface area contributed by atoms with Gasteiger partial charge in [0.2, 0.25) is 0 Å². The van der Waals surface area contributed by atoms with Gasteiger partial charge in [-0.25, -0.2) is 9.67 Å². The van der Waals surface area contributed by atoms with Gasteiger partial charge in [0, 0.05) is 31.4 Å². The van der Waals surface area contributed by atoms with Gasteiger partial charge in [-0.1, -0.05) is 5.21 Å². The van der Waals surface area contributed by atoms with E-state index in [2.05, 4.69) is 31.2 Å². The second kappa shape index (κ2) is 11.1. The maximum atomic E-state index is 12.5. The van der Waals surface area contributed by atoms with E-state index < -0.39 is 0 Å². The Morgan fingerprint density at radius 1 is 1.28 bits per heavy atom. The lowest BCUT2D eigenvalue weighted by Gasteiger charge is -2.23. The summed E-state index contributed by atoms with van der Waals surface area (Å²) in [6.45, 7) is 6.67. The fourth-order valence-corrected chi connectivity index (χ4v) is 4.71.